The molecule has 1 aliphatic carbocycles. The smallest absolute Gasteiger partial charge is 0.310 e. The number of rotatable bonds is 2. The van der Waals surface area contributed by atoms with Gasteiger partial charge in [0.25, 0.3) is 0 Å². The van der Waals surface area contributed by atoms with Crippen molar-refractivity contribution in [2.24, 2.45) is 16.7 Å². The SMILES string of the molecule is CC(C)C(=O)OC1(O)C(C)(C)CC1(C)C. The van der Waals surface area contributed by atoms with Gasteiger partial charge in [-0.3, -0.25) is 4.79 Å². The highest BCUT2D eigenvalue weighted by Gasteiger charge is 2.68. The van der Waals surface area contributed by atoms with E-state index in [9.17, 15) is 9.90 Å². The van der Waals surface area contributed by atoms with Gasteiger partial charge in [0, 0.05) is 10.8 Å². The van der Waals surface area contributed by atoms with Crippen molar-refractivity contribution in [3.05, 3.63) is 0 Å². The number of ether oxygens (including phenoxy) is 1. The highest BCUT2D eigenvalue weighted by Crippen LogP contribution is 2.62. The maximum atomic E-state index is 11.5. The zero-order chi connectivity index (χ0) is 12.1. The maximum absolute atomic E-state index is 11.5. The lowest BCUT2D eigenvalue weighted by Gasteiger charge is -2.62. The van der Waals surface area contributed by atoms with Gasteiger partial charge in [0.05, 0.1) is 5.92 Å². The third kappa shape index (κ3) is 1.67. The first-order valence-corrected chi connectivity index (χ1v) is 5.49. The second-order valence-electron chi connectivity index (χ2n) is 6.16. The van der Waals surface area contributed by atoms with Gasteiger partial charge >= 0.3 is 5.97 Å². The summed E-state index contributed by atoms with van der Waals surface area (Å²) < 4.78 is 5.28. The zero-order valence-corrected chi connectivity index (χ0v) is 10.5. The van der Waals surface area contributed by atoms with E-state index in [1.54, 1.807) is 13.8 Å². The molecule has 0 heterocycles. The minimum Gasteiger partial charge on any atom is -0.432 e. The fraction of sp³-hybridized carbons (Fsp3) is 0.917. The van der Waals surface area contributed by atoms with Crippen LogP contribution in [0, 0.1) is 16.7 Å². The first-order chi connectivity index (χ1) is 6.53. The number of carbonyl (C=O) groups is 1. The van der Waals surface area contributed by atoms with Crippen LogP contribution < -0.4 is 0 Å². The van der Waals surface area contributed by atoms with Gasteiger partial charge in [0.2, 0.25) is 5.79 Å². The molecular formula is C12H22O3. The van der Waals surface area contributed by atoms with E-state index in [1.807, 2.05) is 27.7 Å². The van der Waals surface area contributed by atoms with Gasteiger partial charge < -0.3 is 9.84 Å². The topological polar surface area (TPSA) is 46.5 Å². The molecule has 0 atom stereocenters. The second kappa shape index (κ2) is 3.21. The van der Waals surface area contributed by atoms with Crippen LogP contribution in [0.15, 0.2) is 0 Å². The van der Waals surface area contributed by atoms with Crippen LogP contribution in [0.4, 0.5) is 0 Å². The highest BCUT2D eigenvalue weighted by molar-refractivity contribution is 5.72. The molecule has 15 heavy (non-hydrogen) atoms. The Kier molecular flexibility index (Phi) is 2.67. The third-order valence-electron chi connectivity index (χ3n) is 3.44. The summed E-state index contributed by atoms with van der Waals surface area (Å²) in [5.41, 5.74) is -0.720. The first kappa shape index (κ1) is 12.5. The van der Waals surface area contributed by atoms with Crippen molar-refractivity contribution in [3.63, 3.8) is 0 Å². The third-order valence-corrected chi connectivity index (χ3v) is 3.44. The van der Waals surface area contributed by atoms with Crippen LogP contribution in [0.5, 0.6) is 0 Å². The van der Waals surface area contributed by atoms with Crippen molar-refractivity contribution in [3.8, 4) is 0 Å². The lowest BCUT2D eigenvalue weighted by atomic mass is 9.50. The Bertz CT molecular complexity index is 263. The summed E-state index contributed by atoms with van der Waals surface area (Å²) in [6.45, 7) is 11.2. The Morgan fingerprint density at radius 1 is 1.20 bits per heavy atom. The maximum Gasteiger partial charge on any atom is 0.310 e. The van der Waals surface area contributed by atoms with E-state index in [0.29, 0.717) is 0 Å². The largest absolute Gasteiger partial charge is 0.432 e. The quantitative estimate of drug-likeness (QED) is 0.567. The van der Waals surface area contributed by atoms with Crippen LogP contribution in [0.3, 0.4) is 0 Å². The van der Waals surface area contributed by atoms with E-state index in [4.69, 9.17) is 4.74 Å². The van der Waals surface area contributed by atoms with Gasteiger partial charge in [-0.1, -0.05) is 41.5 Å². The van der Waals surface area contributed by atoms with E-state index in [2.05, 4.69) is 0 Å². The van der Waals surface area contributed by atoms with Crippen molar-refractivity contribution < 1.29 is 14.6 Å². The highest BCUT2D eigenvalue weighted by atomic mass is 16.7. The van der Waals surface area contributed by atoms with Crippen molar-refractivity contribution in [2.45, 2.75) is 53.8 Å². The molecule has 3 nitrogen and oxygen atoms in total. The van der Waals surface area contributed by atoms with Gasteiger partial charge in [0.1, 0.15) is 0 Å². The van der Waals surface area contributed by atoms with Crippen molar-refractivity contribution in [2.75, 3.05) is 0 Å². The Hall–Kier alpha value is -0.570. The van der Waals surface area contributed by atoms with Gasteiger partial charge in [-0.15, -0.1) is 0 Å². The molecule has 0 spiro atoms. The van der Waals surface area contributed by atoms with Crippen LogP contribution in [0.1, 0.15) is 48.0 Å². The van der Waals surface area contributed by atoms with Crippen LogP contribution in [0.2, 0.25) is 0 Å². The molecule has 1 fully saturated rings. The molecule has 0 saturated heterocycles. The molecular weight excluding hydrogens is 192 g/mol. The van der Waals surface area contributed by atoms with E-state index in [1.165, 1.54) is 0 Å². The molecule has 0 radical (unpaired) electrons. The minimum absolute atomic E-state index is 0.207. The number of aliphatic hydroxyl groups is 1. The molecule has 0 aromatic carbocycles. The van der Waals surface area contributed by atoms with Gasteiger partial charge in [0.15, 0.2) is 0 Å². The standard InChI is InChI=1S/C12H22O3/c1-8(2)9(13)15-12(14)10(3,4)7-11(12,5)6/h8,14H,7H2,1-6H3. The molecule has 88 valence electrons. The molecule has 3 heteroatoms. The van der Waals surface area contributed by atoms with Gasteiger partial charge in [-0.25, -0.2) is 0 Å². The van der Waals surface area contributed by atoms with Gasteiger partial charge in [-0.05, 0) is 6.42 Å². The predicted octanol–water partition coefficient (Wildman–Crippen LogP) is 2.33. The molecule has 0 aromatic rings. The summed E-state index contributed by atoms with van der Waals surface area (Å²) in [7, 11) is 0. The Balaban J connectivity index is 2.86. The predicted molar refractivity (Wildman–Crippen MR) is 58.1 cm³/mol. The second-order valence-corrected chi connectivity index (χ2v) is 6.16. The molecule has 0 aliphatic heterocycles. The van der Waals surface area contributed by atoms with Crippen LogP contribution >= 0.6 is 0 Å². The molecule has 1 aliphatic rings. The molecule has 1 N–H and O–H groups in total. The molecule has 0 aromatic heterocycles. The Morgan fingerprint density at radius 3 is 1.87 bits per heavy atom. The molecule has 0 amide bonds. The number of hydrogen-bond donors (Lipinski definition) is 1. The Morgan fingerprint density at radius 2 is 1.60 bits per heavy atom. The van der Waals surface area contributed by atoms with E-state index < -0.39 is 5.79 Å². The fourth-order valence-electron chi connectivity index (χ4n) is 2.69. The van der Waals surface area contributed by atoms with Crippen molar-refractivity contribution in [1.29, 1.82) is 0 Å². The Labute approximate surface area is 91.8 Å². The van der Waals surface area contributed by atoms with Gasteiger partial charge in [-0.2, -0.15) is 0 Å². The average Bonchev–Trinajstić information content (AvgIpc) is 2.01. The molecule has 0 bridgehead atoms. The number of hydrogen-bond acceptors (Lipinski definition) is 3. The van der Waals surface area contributed by atoms with Crippen LogP contribution in [-0.4, -0.2) is 16.9 Å². The summed E-state index contributed by atoms with van der Waals surface area (Å²) in [4.78, 5) is 11.5. The lowest BCUT2D eigenvalue weighted by molar-refractivity contribution is -0.370. The average molecular weight is 214 g/mol. The minimum atomic E-state index is -1.33. The molecule has 1 rings (SSSR count). The summed E-state index contributed by atoms with van der Waals surface area (Å²) in [6.07, 6.45) is 0.849. The zero-order valence-electron chi connectivity index (χ0n) is 10.5. The molecule has 1 saturated carbocycles. The summed E-state index contributed by atoms with van der Waals surface area (Å²) in [5.74, 6) is -1.87. The van der Waals surface area contributed by atoms with E-state index >= 15 is 0 Å². The van der Waals surface area contributed by atoms with Crippen LogP contribution in [-0.2, 0) is 9.53 Å². The molecule has 0 unspecified atom stereocenters. The summed E-state index contributed by atoms with van der Waals surface area (Å²) in [6, 6.07) is 0. The fourth-order valence-corrected chi connectivity index (χ4v) is 2.69. The monoisotopic (exact) mass is 214 g/mol. The number of carbonyl (C=O) groups excluding carboxylic acids is 1. The summed E-state index contributed by atoms with van der Waals surface area (Å²) >= 11 is 0. The summed E-state index contributed by atoms with van der Waals surface area (Å²) in [5, 5.41) is 10.4. The number of esters is 1. The lowest BCUT2D eigenvalue weighted by Crippen LogP contribution is -2.68. The van der Waals surface area contributed by atoms with Crippen molar-refractivity contribution in [1.82, 2.24) is 0 Å². The normalized spacial score (nSPS) is 25.9. The van der Waals surface area contributed by atoms with E-state index in [-0.39, 0.29) is 22.7 Å². The van der Waals surface area contributed by atoms with E-state index in [0.717, 1.165) is 6.42 Å². The first-order valence-electron chi connectivity index (χ1n) is 5.49. The van der Waals surface area contributed by atoms with Crippen LogP contribution in [0.25, 0.3) is 0 Å². The van der Waals surface area contributed by atoms with Crippen molar-refractivity contribution >= 4 is 5.97 Å².